The van der Waals surface area contributed by atoms with E-state index >= 15 is 0 Å². The van der Waals surface area contributed by atoms with Gasteiger partial charge in [0, 0.05) is 6.07 Å². The summed E-state index contributed by atoms with van der Waals surface area (Å²) in [6.45, 7) is 2.89. The van der Waals surface area contributed by atoms with Gasteiger partial charge in [0.25, 0.3) is 0 Å². The van der Waals surface area contributed by atoms with Gasteiger partial charge in [-0.15, -0.1) is 0 Å². The molecule has 0 N–H and O–H groups in total. The van der Waals surface area contributed by atoms with Gasteiger partial charge < -0.3 is 9.47 Å². The third-order valence-corrected chi connectivity index (χ3v) is 2.44. The molecule has 3 heteroatoms. The molecule has 0 unspecified atom stereocenters. The van der Waals surface area contributed by atoms with Gasteiger partial charge in [-0.05, 0) is 18.6 Å². The van der Waals surface area contributed by atoms with Crippen LogP contribution >= 0.6 is 11.6 Å². The molecule has 0 aromatic heterocycles. The minimum absolute atomic E-state index is 0.603. The van der Waals surface area contributed by atoms with E-state index in [9.17, 15) is 0 Å². The summed E-state index contributed by atoms with van der Waals surface area (Å²) in [6.07, 6.45) is 3.45. The molecule has 2 nitrogen and oxygen atoms in total. The molecule has 1 rings (SSSR count). The molecule has 0 heterocycles. The summed E-state index contributed by atoms with van der Waals surface area (Å²) in [5, 5.41) is 0.603. The fourth-order valence-corrected chi connectivity index (χ4v) is 1.48. The van der Waals surface area contributed by atoms with Crippen molar-refractivity contribution in [1.82, 2.24) is 0 Å². The lowest BCUT2D eigenvalue weighted by molar-refractivity contribution is 0.306. The van der Waals surface area contributed by atoms with Gasteiger partial charge in [0.2, 0.25) is 0 Å². The summed E-state index contributed by atoms with van der Waals surface area (Å²) >= 11 is 6.02. The first-order valence-electron chi connectivity index (χ1n) is 5.24. The van der Waals surface area contributed by atoms with E-state index in [1.165, 1.54) is 12.8 Å². The number of hydrogen-bond acceptors (Lipinski definition) is 2. The fourth-order valence-electron chi connectivity index (χ4n) is 1.26. The minimum atomic E-state index is 0.603. The van der Waals surface area contributed by atoms with Crippen molar-refractivity contribution in [3.05, 3.63) is 23.2 Å². The number of benzene rings is 1. The lowest BCUT2D eigenvalue weighted by Gasteiger charge is -2.08. The number of unbranched alkanes of at least 4 members (excludes halogenated alkanes) is 2. The zero-order chi connectivity index (χ0) is 11.1. The Morgan fingerprint density at radius 3 is 2.67 bits per heavy atom. The average molecular weight is 229 g/mol. The summed E-state index contributed by atoms with van der Waals surface area (Å²) < 4.78 is 10.6. The van der Waals surface area contributed by atoms with Gasteiger partial charge in [-0.25, -0.2) is 0 Å². The van der Waals surface area contributed by atoms with Gasteiger partial charge in [-0.2, -0.15) is 0 Å². The second kappa shape index (κ2) is 6.57. The van der Waals surface area contributed by atoms with Gasteiger partial charge in [-0.1, -0.05) is 31.4 Å². The molecule has 0 atom stereocenters. The molecular weight excluding hydrogens is 212 g/mol. The summed E-state index contributed by atoms with van der Waals surface area (Å²) in [5.41, 5.74) is 0. The maximum atomic E-state index is 6.02. The maximum absolute atomic E-state index is 6.02. The van der Waals surface area contributed by atoms with Crippen LogP contribution in [0.25, 0.3) is 0 Å². The zero-order valence-corrected chi connectivity index (χ0v) is 10.0. The van der Waals surface area contributed by atoms with Crippen molar-refractivity contribution < 1.29 is 9.47 Å². The van der Waals surface area contributed by atoms with Crippen LogP contribution in [0.15, 0.2) is 18.2 Å². The Bertz CT molecular complexity index is 300. The van der Waals surface area contributed by atoms with Crippen LogP contribution in [0.1, 0.15) is 26.2 Å². The van der Waals surface area contributed by atoms with Crippen LogP contribution in [0.2, 0.25) is 5.02 Å². The molecule has 84 valence electrons. The molecule has 0 aliphatic rings. The van der Waals surface area contributed by atoms with Crippen LogP contribution in [0, 0.1) is 0 Å². The SMILES string of the molecule is CCCCCOc1ccc(OC)cc1Cl. The van der Waals surface area contributed by atoms with Gasteiger partial charge in [0.1, 0.15) is 11.5 Å². The van der Waals surface area contributed by atoms with E-state index in [2.05, 4.69) is 6.92 Å². The lowest BCUT2D eigenvalue weighted by atomic mass is 10.3. The van der Waals surface area contributed by atoms with E-state index in [-0.39, 0.29) is 0 Å². The Kier molecular flexibility index (Phi) is 5.33. The average Bonchev–Trinajstić information content (AvgIpc) is 2.26. The number of halogens is 1. The van der Waals surface area contributed by atoms with E-state index in [0.717, 1.165) is 24.5 Å². The predicted molar refractivity (Wildman–Crippen MR) is 63.0 cm³/mol. The molecule has 0 saturated heterocycles. The van der Waals surface area contributed by atoms with Crippen LogP contribution in [0.4, 0.5) is 0 Å². The second-order valence-corrected chi connectivity index (χ2v) is 3.76. The smallest absolute Gasteiger partial charge is 0.138 e. The number of ether oxygens (including phenoxy) is 2. The Morgan fingerprint density at radius 1 is 1.27 bits per heavy atom. The van der Waals surface area contributed by atoms with Crippen molar-refractivity contribution >= 4 is 11.6 Å². The highest BCUT2D eigenvalue weighted by molar-refractivity contribution is 6.32. The van der Waals surface area contributed by atoms with Crippen molar-refractivity contribution in [3.8, 4) is 11.5 Å². The monoisotopic (exact) mass is 228 g/mol. The van der Waals surface area contributed by atoms with E-state index in [0.29, 0.717) is 5.02 Å². The van der Waals surface area contributed by atoms with Crippen LogP contribution in [0.3, 0.4) is 0 Å². The van der Waals surface area contributed by atoms with Crippen molar-refractivity contribution in [3.63, 3.8) is 0 Å². The standard InChI is InChI=1S/C12H17ClO2/c1-3-4-5-8-15-12-7-6-10(14-2)9-11(12)13/h6-7,9H,3-5,8H2,1-2H3. The van der Waals surface area contributed by atoms with Crippen LogP contribution in [0.5, 0.6) is 11.5 Å². The highest BCUT2D eigenvalue weighted by Gasteiger charge is 2.02. The van der Waals surface area contributed by atoms with Crippen molar-refractivity contribution in [2.24, 2.45) is 0 Å². The molecular formula is C12H17ClO2. The van der Waals surface area contributed by atoms with E-state index in [1.807, 2.05) is 12.1 Å². The summed E-state index contributed by atoms with van der Waals surface area (Å²) in [5.74, 6) is 1.48. The van der Waals surface area contributed by atoms with Gasteiger partial charge in [-0.3, -0.25) is 0 Å². The molecule has 1 aromatic carbocycles. The second-order valence-electron chi connectivity index (χ2n) is 3.35. The maximum Gasteiger partial charge on any atom is 0.138 e. The molecule has 0 spiro atoms. The van der Waals surface area contributed by atoms with Gasteiger partial charge in [0.15, 0.2) is 0 Å². The molecule has 1 aromatic rings. The van der Waals surface area contributed by atoms with Crippen LogP contribution in [-0.2, 0) is 0 Å². The summed E-state index contributed by atoms with van der Waals surface area (Å²) in [4.78, 5) is 0. The highest BCUT2D eigenvalue weighted by Crippen LogP contribution is 2.28. The Morgan fingerprint density at radius 2 is 2.07 bits per heavy atom. The van der Waals surface area contributed by atoms with Gasteiger partial charge >= 0.3 is 0 Å². The normalized spacial score (nSPS) is 10.1. The fraction of sp³-hybridized carbons (Fsp3) is 0.500. The molecule has 0 aliphatic heterocycles. The highest BCUT2D eigenvalue weighted by atomic mass is 35.5. The minimum Gasteiger partial charge on any atom is -0.497 e. The predicted octanol–water partition coefficient (Wildman–Crippen LogP) is 3.92. The van der Waals surface area contributed by atoms with Crippen molar-refractivity contribution in [2.45, 2.75) is 26.2 Å². The van der Waals surface area contributed by atoms with E-state index < -0.39 is 0 Å². The first-order valence-corrected chi connectivity index (χ1v) is 5.62. The number of methoxy groups -OCH3 is 1. The van der Waals surface area contributed by atoms with Crippen LogP contribution < -0.4 is 9.47 Å². The largest absolute Gasteiger partial charge is 0.497 e. The van der Waals surface area contributed by atoms with Crippen molar-refractivity contribution in [2.75, 3.05) is 13.7 Å². The van der Waals surface area contributed by atoms with E-state index in [1.54, 1.807) is 13.2 Å². The molecule has 0 saturated carbocycles. The Labute approximate surface area is 96.2 Å². The topological polar surface area (TPSA) is 18.5 Å². The number of rotatable bonds is 6. The van der Waals surface area contributed by atoms with Gasteiger partial charge in [0.05, 0.1) is 18.7 Å². The zero-order valence-electron chi connectivity index (χ0n) is 9.25. The summed E-state index contributed by atoms with van der Waals surface area (Å²) in [6, 6.07) is 5.45. The van der Waals surface area contributed by atoms with Crippen LogP contribution in [-0.4, -0.2) is 13.7 Å². The Hall–Kier alpha value is -0.890. The molecule has 0 amide bonds. The molecule has 0 radical (unpaired) electrons. The molecule has 0 fully saturated rings. The first kappa shape index (κ1) is 12.2. The third-order valence-electron chi connectivity index (χ3n) is 2.14. The number of hydrogen-bond donors (Lipinski definition) is 0. The van der Waals surface area contributed by atoms with E-state index in [4.69, 9.17) is 21.1 Å². The Balaban J connectivity index is 2.47. The third kappa shape index (κ3) is 4.00. The lowest BCUT2D eigenvalue weighted by Crippen LogP contribution is -1.97. The van der Waals surface area contributed by atoms with Crippen molar-refractivity contribution in [1.29, 1.82) is 0 Å². The molecule has 0 bridgehead atoms. The molecule has 0 aliphatic carbocycles. The molecule has 15 heavy (non-hydrogen) atoms. The first-order chi connectivity index (χ1) is 7.27. The quantitative estimate of drug-likeness (QED) is 0.688. The summed E-state index contributed by atoms with van der Waals surface area (Å²) in [7, 11) is 1.62.